The molecule has 21 heavy (non-hydrogen) atoms. The number of nitrogen functional groups attached to an aromatic ring is 1. The maximum atomic E-state index is 6.08. The molecule has 2 N–H and O–H groups in total. The van der Waals surface area contributed by atoms with Gasteiger partial charge < -0.3 is 10.5 Å². The molecule has 0 fully saturated rings. The van der Waals surface area contributed by atoms with E-state index in [9.17, 15) is 0 Å². The van der Waals surface area contributed by atoms with Gasteiger partial charge in [-0.3, -0.25) is 0 Å². The second-order valence-corrected chi connectivity index (χ2v) is 5.53. The van der Waals surface area contributed by atoms with Crippen LogP contribution >= 0.6 is 11.6 Å². The van der Waals surface area contributed by atoms with Gasteiger partial charge in [0.15, 0.2) is 5.82 Å². The lowest BCUT2D eigenvalue weighted by Crippen LogP contribution is -2.23. The predicted molar refractivity (Wildman–Crippen MR) is 83.0 cm³/mol. The van der Waals surface area contributed by atoms with Crippen molar-refractivity contribution in [1.82, 2.24) is 20.2 Å². The van der Waals surface area contributed by atoms with Gasteiger partial charge in [0.05, 0.1) is 23.4 Å². The Hall–Kier alpha value is -1.66. The summed E-state index contributed by atoms with van der Waals surface area (Å²) in [6, 6.07) is 5.48. The summed E-state index contributed by atoms with van der Waals surface area (Å²) in [5.41, 5.74) is 7.26. The number of halogens is 1. The third-order valence-corrected chi connectivity index (χ3v) is 3.69. The van der Waals surface area contributed by atoms with E-state index in [2.05, 4.69) is 29.4 Å². The number of hydrogen-bond donors (Lipinski definition) is 1. The fourth-order valence-electron chi connectivity index (χ4n) is 2.11. The van der Waals surface area contributed by atoms with Crippen molar-refractivity contribution in [2.24, 2.45) is 5.92 Å². The van der Waals surface area contributed by atoms with E-state index in [1.165, 1.54) is 0 Å². The van der Waals surface area contributed by atoms with Gasteiger partial charge in [0, 0.05) is 12.2 Å². The van der Waals surface area contributed by atoms with Crippen LogP contribution < -0.4 is 5.73 Å². The van der Waals surface area contributed by atoms with E-state index in [-0.39, 0.29) is 6.04 Å². The van der Waals surface area contributed by atoms with Gasteiger partial charge in [0.25, 0.3) is 0 Å². The minimum Gasteiger partial charge on any atom is -0.397 e. The fourth-order valence-corrected chi connectivity index (χ4v) is 2.28. The molecule has 0 aliphatic rings. The standard InChI is InChI=1S/C14H20ClN5O/c1-4-21-8-12(9(2)3)20-14(17-18-19-20)10-6-5-7-11(15)13(10)16/h5-7,9,12H,4,8,16H2,1-3H3. The van der Waals surface area contributed by atoms with E-state index in [4.69, 9.17) is 22.1 Å². The number of anilines is 1. The summed E-state index contributed by atoms with van der Waals surface area (Å²) in [7, 11) is 0. The number of rotatable bonds is 6. The molecule has 6 nitrogen and oxygen atoms in total. The van der Waals surface area contributed by atoms with Crippen molar-refractivity contribution in [3.8, 4) is 11.4 Å². The Bertz CT molecular complexity index is 599. The molecule has 114 valence electrons. The van der Waals surface area contributed by atoms with Crippen LogP contribution in [-0.2, 0) is 4.74 Å². The summed E-state index contributed by atoms with van der Waals surface area (Å²) in [6.07, 6.45) is 0. The highest BCUT2D eigenvalue weighted by atomic mass is 35.5. The highest BCUT2D eigenvalue weighted by molar-refractivity contribution is 6.33. The van der Waals surface area contributed by atoms with Crippen molar-refractivity contribution < 1.29 is 4.74 Å². The van der Waals surface area contributed by atoms with Crippen molar-refractivity contribution >= 4 is 17.3 Å². The minimum absolute atomic E-state index is 0.0355. The van der Waals surface area contributed by atoms with Gasteiger partial charge in [0.1, 0.15) is 0 Å². The summed E-state index contributed by atoms with van der Waals surface area (Å²) in [5.74, 6) is 0.924. The molecule has 0 saturated carbocycles. The van der Waals surface area contributed by atoms with Gasteiger partial charge in [0.2, 0.25) is 0 Å². The molecule has 0 amide bonds. The molecule has 0 radical (unpaired) electrons. The second-order valence-electron chi connectivity index (χ2n) is 5.12. The smallest absolute Gasteiger partial charge is 0.184 e. The quantitative estimate of drug-likeness (QED) is 0.830. The molecule has 2 aromatic rings. The van der Waals surface area contributed by atoms with Crippen molar-refractivity contribution in [3.63, 3.8) is 0 Å². The minimum atomic E-state index is 0.0355. The molecule has 0 aliphatic heterocycles. The lowest BCUT2D eigenvalue weighted by Gasteiger charge is -2.22. The normalized spacial score (nSPS) is 12.8. The molecular weight excluding hydrogens is 290 g/mol. The Morgan fingerprint density at radius 3 is 2.81 bits per heavy atom. The zero-order chi connectivity index (χ0) is 15.4. The van der Waals surface area contributed by atoms with E-state index in [1.54, 1.807) is 10.7 Å². The Morgan fingerprint density at radius 1 is 1.38 bits per heavy atom. The highest BCUT2D eigenvalue weighted by Gasteiger charge is 2.23. The summed E-state index contributed by atoms with van der Waals surface area (Å²) < 4.78 is 7.32. The van der Waals surface area contributed by atoms with Crippen LogP contribution in [0.4, 0.5) is 5.69 Å². The molecule has 1 unspecified atom stereocenters. The largest absolute Gasteiger partial charge is 0.397 e. The van der Waals surface area contributed by atoms with Gasteiger partial charge in [-0.2, -0.15) is 0 Å². The summed E-state index contributed by atoms with van der Waals surface area (Å²) >= 11 is 6.08. The number of ether oxygens (including phenoxy) is 1. The van der Waals surface area contributed by atoms with E-state index in [0.717, 1.165) is 5.56 Å². The first-order valence-corrected chi connectivity index (χ1v) is 7.34. The molecule has 7 heteroatoms. The molecule has 0 bridgehead atoms. The predicted octanol–water partition coefficient (Wildman–Crippen LogP) is 2.81. The van der Waals surface area contributed by atoms with Crippen LogP contribution in [-0.4, -0.2) is 33.4 Å². The summed E-state index contributed by atoms with van der Waals surface area (Å²) in [4.78, 5) is 0. The molecule has 1 heterocycles. The number of aromatic nitrogens is 4. The van der Waals surface area contributed by atoms with E-state index in [1.807, 2.05) is 19.1 Å². The third-order valence-electron chi connectivity index (χ3n) is 3.36. The van der Waals surface area contributed by atoms with Crippen molar-refractivity contribution in [2.45, 2.75) is 26.8 Å². The Morgan fingerprint density at radius 2 is 2.14 bits per heavy atom. The summed E-state index contributed by atoms with van der Waals surface area (Å²) in [5, 5.41) is 12.5. The van der Waals surface area contributed by atoms with Gasteiger partial charge in [-0.15, -0.1) is 5.10 Å². The molecule has 0 saturated heterocycles. The average Bonchev–Trinajstić information content (AvgIpc) is 2.91. The highest BCUT2D eigenvalue weighted by Crippen LogP contribution is 2.32. The van der Waals surface area contributed by atoms with Gasteiger partial charge in [-0.25, -0.2) is 4.68 Å². The molecule has 1 aromatic heterocycles. The van der Waals surface area contributed by atoms with Gasteiger partial charge in [-0.05, 0) is 35.4 Å². The van der Waals surface area contributed by atoms with Crippen LogP contribution in [0.15, 0.2) is 18.2 Å². The second kappa shape index (κ2) is 6.87. The van der Waals surface area contributed by atoms with E-state index < -0.39 is 0 Å². The first kappa shape index (κ1) is 15.7. The number of para-hydroxylation sites is 1. The number of nitrogens with zero attached hydrogens (tertiary/aromatic N) is 4. The van der Waals surface area contributed by atoms with Crippen molar-refractivity contribution in [2.75, 3.05) is 18.9 Å². The maximum Gasteiger partial charge on any atom is 0.184 e. The van der Waals surface area contributed by atoms with E-state index in [0.29, 0.717) is 35.7 Å². The first-order valence-electron chi connectivity index (χ1n) is 6.96. The zero-order valence-electron chi connectivity index (χ0n) is 12.5. The number of benzene rings is 1. The Balaban J connectivity index is 2.43. The van der Waals surface area contributed by atoms with Crippen LogP contribution in [0.1, 0.15) is 26.8 Å². The SMILES string of the molecule is CCOCC(C(C)C)n1nnnc1-c1cccc(Cl)c1N. The molecule has 0 aliphatic carbocycles. The number of hydrogen-bond acceptors (Lipinski definition) is 5. The number of nitrogens with two attached hydrogens (primary N) is 1. The molecule has 0 spiro atoms. The Kier molecular flexibility index (Phi) is 5.14. The molecule has 1 atom stereocenters. The maximum absolute atomic E-state index is 6.08. The lowest BCUT2D eigenvalue weighted by molar-refractivity contribution is 0.0913. The lowest BCUT2D eigenvalue weighted by atomic mass is 10.0. The van der Waals surface area contributed by atoms with Crippen molar-refractivity contribution in [1.29, 1.82) is 0 Å². The third kappa shape index (κ3) is 3.33. The average molecular weight is 310 g/mol. The van der Waals surface area contributed by atoms with Crippen LogP contribution in [0.2, 0.25) is 5.02 Å². The molecule has 1 aromatic carbocycles. The number of tetrazole rings is 1. The van der Waals surface area contributed by atoms with E-state index >= 15 is 0 Å². The van der Waals surface area contributed by atoms with Crippen LogP contribution in [0.3, 0.4) is 0 Å². The summed E-state index contributed by atoms with van der Waals surface area (Å²) in [6.45, 7) is 7.38. The molecular formula is C14H20ClN5O. The first-order chi connectivity index (χ1) is 10.1. The van der Waals surface area contributed by atoms with Gasteiger partial charge in [-0.1, -0.05) is 31.5 Å². The Labute approximate surface area is 129 Å². The fraction of sp³-hybridized carbons (Fsp3) is 0.500. The zero-order valence-corrected chi connectivity index (χ0v) is 13.2. The van der Waals surface area contributed by atoms with Crippen LogP contribution in [0.5, 0.6) is 0 Å². The van der Waals surface area contributed by atoms with Gasteiger partial charge >= 0.3 is 0 Å². The van der Waals surface area contributed by atoms with Crippen LogP contribution in [0, 0.1) is 5.92 Å². The van der Waals surface area contributed by atoms with Crippen LogP contribution in [0.25, 0.3) is 11.4 Å². The van der Waals surface area contributed by atoms with Crippen molar-refractivity contribution in [3.05, 3.63) is 23.2 Å². The topological polar surface area (TPSA) is 78.8 Å². The molecule has 2 rings (SSSR count). The monoisotopic (exact) mass is 309 g/mol.